The molecule has 0 saturated heterocycles. The molecule has 1 heterocycles. The molecule has 0 amide bonds. The van der Waals surface area contributed by atoms with Gasteiger partial charge in [-0.05, 0) is 59.7 Å². The first-order chi connectivity index (χ1) is 13.6. The third kappa shape index (κ3) is 4.22. The van der Waals surface area contributed by atoms with Crippen LogP contribution < -0.4 is 14.2 Å². The standard InChI is InChI=1S/C22H17NO5/c1-25-19-10-7-16(13-21(19)26-2)17(14-23)12-15-5-8-18(9-6-15)28-22(24)20-4-3-11-27-20/h3-13H,1-2H3/b17-12-. The summed E-state index contributed by atoms with van der Waals surface area (Å²) in [4.78, 5) is 11.9. The molecule has 0 bridgehead atoms. The minimum absolute atomic E-state index is 0.129. The Kier molecular flexibility index (Phi) is 5.78. The van der Waals surface area contributed by atoms with Crippen LogP contribution in [0.5, 0.6) is 17.2 Å². The van der Waals surface area contributed by atoms with Gasteiger partial charge in [0.15, 0.2) is 11.5 Å². The van der Waals surface area contributed by atoms with Crippen molar-refractivity contribution in [3.05, 3.63) is 77.7 Å². The summed E-state index contributed by atoms with van der Waals surface area (Å²) in [6, 6.07) is 17.4. The summed E-state index contributed by atoms with van der Waals surface area (Å²) in [7, 11) is 3.10. The van der Waals surface area contributed by atoms with E-state index >= 15 is 0 Å². The molecule has 0 radical (unpaired) electrons. The third-order valence-corrected chi connectivity index (χ3v) is 3.94. The molecule has 28 heavy (non-hydrogen) atoms. The second kappa shape index (κ2) is 8.60. The Hall–Kier alpha value is -3.98. The molecule has 0 N–H and O–H groups in total. The summed E-state index contributed by atoms with van der Waals surface area (Å²) in [6.45, 7) is 0. The van der Waals surface area contributed by atoms with Crippen molar-refractivity contribution in [3.63, 3.8) is 0 Å². The Morgan fingerprint density at radius 3 is 2.39 bits per heavy atom. The summed E-state index contributed by atoms with van der Waals surface area (Å²) in [5.74, 6) is 1.07. The van der Waals surface area contributed by atoms with Crippen LogP contribution in [0.2, 0.25) is 0 Å². The zero-order valence-corrected chi connectivity index (χ0v) is 15.3. The lowest BCUT2D eigenvalue weighted by atomic mass is 10.0. The molecule has 0 aliphatic heterocycles. The molecule has 6 nitrogen and oxygen atoms in total. The maximum absolute atomic E-state index is 11.9. The Morgan fingerprint density at radius 1 is 1.04 bits per heavy atom. The SMILES string of the molecule is COc1ccc(/C(C#N)=C\c2ccc(OC(=O)c3ccco3)cc2)cc1OC. The van der Waals surface area contributed by atoms with E-state index in [2.05, 4.69) is 6.07 Å². The van der Waals surface area contributed by atoms with Crippen LogP contribution >= 0.6 is 0 Å². The highest BCUT2D eigenvalue weighted by molar-refractivity contribution is 5.90. The molecule has 140 valence electrons. The quantitative estimate of drug-likeness (QED) is 0.271. The van der Waals surface area contributed by atoms with Crippen LogP contribution in [0.3, 0.4) is 0 Å². The number of hydrogen-bond donors (Lipinski definition) is 0. The molecule has 0 aliphatic carbocycles. The number of esters is 1. The van der Waals surface area contributed by atoms with Crippen LogP contribution in [-0.2, 0) is 0 Å². The summed E-state index contributed by atoms with van der Waals surface area (Å²) >= 11 is 0. The van der Waals surface area contributed by atoms with Crippen molar-refractivity contribution in [1.82, 2.24) is 0 Å². The lowest BCUT2D eigenvalue weighted by molar-refractivity contribution is 0.0701. The molecule has 3 rings (SSSR count). The Morgan fingerprint density at radius 2 is 1.79 bits per heavy atom. The van der Waals surface area contributed by atoms with E-state index in [4.69, 9.17) is 18.6 Å². The van der Waals surface area contributed by atoms with Gasteiger partial charge in [-0.1, -0.05) is 12.1 Å². The number of furan rings is 1. The minimum Gasteiger partial charge on any atom is -0.493 e. The number of ether oxygens (including phenoxy) is 3. The number of carbonyl (C=O) groups is 1. The van der Waals surface area contributed by atoms with Gasteiger partial charge >= 0.3 is 5.97 Å². The number of nitrogens with zero attached hydrogens (tertiary/aromatic N) is 1. The predicted molar refractivity (Wildman–Crippen MR) is 103 cm³/mol. The fourth-order valence-corrected chi connectivity index (χ4v) is 2.53. The largest absolute Gasteiger partial charge is 0.493 e. The van der Waals surface area contributed by atoms with Crippen LogP contribution in [0.1, 0.15) is 21.7 Å². The van der Waals surface area contributed by atoms with E-state index in [-0.39, 0.29) is 5.76 Å². The van der Waals surface area contributed by atoms with Gasteiger partial charge in [0.2, 0.25) is 5.76 Å². The van der Waals surface area contributed by atoms with Crippen molar-refractivity contribution < 1.29 is 23.4 Å². The molecule has 6 heteroatoms. The first kappa shape index (κ1) is 18.8. The van der Waals surface area contributed by atoms with Gasteiger partial charge in [-0.25, -0.2) is 4.79 Å². The van der Waals surface area contributed by atoms with E-state index in [1.807, 2.05) is 0 Å². The van der Waals surface area contributed by atoms with E-state index < -0.39 is 5.97 Å². The van der Waals surface area contributed by atoms with Gasteiger partial charge in [-0.15, -0.1) is 0 Å². The number of nitriles is 1. The van der Waals surface area contributed by atoms with Crippen LogP contribution in [-0.4, -0.2) is 20.2 Å². The van der Waals surface area contributed by atoms with Gasteiger partial charge in [0.25, 0.3) is 0 Å². The number of hydrogen-bond acceptors (Lipinski definition) is 6. The smallest absolute Gasteiger partial charge is 0.379 e. The molecular weight excluding hydrogens is 358 g/mol. The zero-order chi connectivity index (χ0) is 19.9. The lowest BCUT2D eigenvalue weighted by Gasteiger charge is -2.09. The second-order valence-electron chi connectivity index (χ2n) is 5.68. The molecule has 0 saturated carbocycles. The van der Waals surface area contributed by atoms with Crippen molar-refractivity contribution in [1.29, 1.82) is 5.26 Å². The Bertz CT molecular complexity index is 1030. The van der Waals surface area contributed by atoms with Crippen LogP contribution in [0.4, 0.5) is 0 Å². The van der Waals surface area contributed by atoms with E-state index in [1.165, 1.54) is 12.3 Å². The van der Waals surface area contributed by atoms with Gasteiger partial charge in [0.05, 0.1) is 32.1 Å². The first-order valence-corrected chi connectivity index (χ1v) is 8.34. The minimum atomic E-state index is -0.573. The fourth-order valence-electron chi connectivity index (χ4n) is 2.53. The number of carbonyl (C=O) groups excluding carboxylic acids is 1. The first-order valence-electron chi connectivity index (χ1n) is 8.34. The molecule has 0 spiro atoms. The molecule has 0 fully saturated rings. The fraction of sp³-hybridized carbons (Fsp3) is 0.0909. The second-order valence-corrected chi connectivity index (χ2v) is 5.68. The van der Waals surface area contributed by atoms with Gasteiger partial charge in [-0.2, -0.15) is 5.26 Å². The van der Waals surface area contributed by atoms with Crippen LogP contribution in [0.15, 0.2) is 65.3 Å². The van der Waals surface area contributed by atoms with E-state index in [1.54, 1.807) is 68.8 Å². The summed E-state index contributed by atoms with van der Waals surface area (Å²) in [5, 5.41) is 9.54. The Balaban J connectivity index is 1.80. The van der Waals surface area contributed by atoms with E-state index in [0.29, 0.717) is 28.4 Å². The average molecular weight is 375 g/mol. The maximum Gasteiger partial charge on any atom is 0.379 e. The molecular formula is C22H17NO5. The normalized spacial score (nSPS) is 10.8. The van der Waals surface area contributed by atoms with Crippen molar-refractivity contribution >= 4 is 17.6 Å². The van der Waals surface area contributed by atoms with Crippen molar-refractivity contribution in [2.24, 2.45) is 0 Å². The highest BCUT2D eigenvalue weighted by Crippen LogP contribution is 2.31. The van der Waals surface area contributed by atoms with Gasteiger partial charge in [-0.3, -0.25) is 0 Å². The number of allylic oxidation sites excluding steroid dienone is 1. The molecule has 0 atom stereocenters. The van der Waals surface area contributed by atoms with Crippen molar-refractivity contribution in [2.75, 3.05) is 14.2 Å². The number of rotatable bonds is 6. The van der Waals surface area contributed by atoms with Crippen molar-refractivity contribution in [2.45, 2.75) is 0 Å². The molecule has 0 unspecified atom stereocenters. The van der Waals surface area contributed by atoms with Gasteiger partial charge in [0.1, 0.15) is 5.75 Å². The Labute approximate surface area is 162 Å². The summed E-state index contributed by atoms with van der Waals surface area (Å²) in [6.07, 6.45) is 3.14. The molecule has 2 aromatic carbocycles. The number of benzene rings is 2. The molecule has 1 aromatic heterocycles. The number of methoxy groups -OCH3 is 2. The average Bonchev–Trinajstić information content (AvgIpc) is 3.28. The monoisotopic (exact) mass is 375 g/mol. The van der Waals surface area contributed by atoms with Gasteiger partial charge in [0, 0.05) is 0 Å². The van der Waals surface area contributed by atoms with E-state index in [9.17, 15) is 10.1 Å². The highest BCUT2D eigenvalue weighted by Gasteiger charge is 2.11. The van der Waals surface area contributed by atoms with Crippen LogP contribution in [0.25, 0.3) is 11.6 Å². The van der Waals surface area contributed by atoms with Crippen molar-refractivity contribution in [3.8, 4) is 23.3 Å². The maximum atomic E-state index is 11.9. The third-order valence-electron chi connectivity index (χ3n) is 3.94. The van der Waals surface area contributed by atoms with E-state index in [0.717, 1.165) is 5.56 Å². The predicted octanol–water partition coefficient (Wildman–Crippen LogP) is 4.58. The van der Waals surface area contributed by atoms with Gasteiger partial charge < -0.3 is 18.6 Å². The lowest BCUT2D eigenvalue weighted by Crippen LogP contribution is -2.06. The zero-order valence-electron chi connectivity index (χ0n) is 15.3. The topological polar surface area (TPSA) is 81.7 Å². The van der Waals surface area contributed by atoms with Crippen LogP contribution in [0, 0.1) is 11.3 Å². The highest BCUT2D eigenvalue weighted by atomic mass is 16.5. The summed E-state index contributed by atoms with van der Waals surface area (Å²) < 4.78 is 20.7. The summed E-state index contributed by atoms with van der Waals surface area (Å²) in [5.41, 5.74) is 1.94. The molecule has 3 aromatic rings. The molecule has 0 aliphatic rings.